The van der Waals surface area contributed by atoms with Crippen molar-refractivity contribution in [1.29, 1.82) is 0 Å². The maximum Gasteiger partial charge on any atom is 0.153 e. The van der Waals surface area contributed by atoms with Crippen molar-refractivity contribution < 1.29 is 4.79 Å². The van der Waals surface area contributed by atoms with Crippen molar-refractivity contribution in [3.63, 3.8) is 0 Å². The molecule has 1 aromatic carbocycles. The summed E-state index contributed by atoms with van der Waals surface area (Å²) in [5.41, 5.74) is 4.13. The predicted octanol–water partition coefficient (Wildman–Crippen LogP) is 2.98. The van der Waals surface area contributed by atoms with Crippen LogP contribution in [0.15, 0.2) is 29.3 Å². The van der Waals surface area contributed by atoms with Gasteiger partial charge in [0.15, 0.2) is 6.29 Å². The first kappa shape index (κ1) is 22.8. The summed E-state index contributed by atoms with van der Waals surface area (Å²) in [4.78, 5) is 15.1. The van der Waals surface area contributed by atoms with Crippen LogP contribution >= 0.6 is 0 Å². The predicted molar refractivity (Wildman–Crippen MR) is 121 cm³/mol. The van der Waals surface area contributed by atoms with Crippen molar-refractivity contribution in [3.8, 4) is 0 Å². The Morgan fingerprint density at radius 3 is 2.72 bits per heavy atom. The summed E-state index contributed by atoms with van der Waals surface area (Å²) in [5.74, 6) is 0.927. The standard InChI is InChI=1S/C15H18N4O.C7H16N2/c1-3-12-11(10-20)13(19-18-12)8-9-17-15-7-5-4-6-14(15)16-2;1-8-6-7-2-4-9-5-3-7/h4-7,10,17H,2-3,8-9H2,1H3,(H,18,19);7-9H,2-6H2,1H3. The summed E-state index contributed by atoms with van der Waals surface area (Å²) >= 11 is 0. The number of aldehydes is 1. The maximum absolute atomic E-state index is 11.1. The molecule has 7 nitrogen and oxygen atoms in total. The lowest BCUT2D eigenvalue weighted by atomic mass is 9.98. The van der Waals surface area contributed by atoms with Gasteiger partial charge in [-0.15, -0.1) is 0 Å². The van der Waals surface area contributed by atoms with E-state index in [1.165, 1.54) is 32.5 Å². The van der Waals surface area contributed by atoms with Crippen LogP contribution in [0.4, 0.5) is 11.4 Å². The molecule has 1 saturated heterocycles. The van der Waals surface area contributed by atoms with E-state index in [-0.39, 0.29) is 0 Å². The van der Waals surface area contributed by atoms with Crippen LogP contribution in [0.1, 0.15) is 41.5 Å². The Morgan fingerprint density at radius 2 is 2.07 bits per heavy atom. The third-order valence-corrected chi connectivity index (χ3v) is 5.13. The summed E-state index contributed by atoms with van der Waals surface area (Å²) in [5, 5.41) is 16.9. The molecule has 0 amide bonds. The summed E-state index contributed by atoms with van der Waals surface area (Å²) in [6.07, 6.45) is 5.02. The summed E-state index contributed by atoms with van der Waals surface area (Å²) < 4.78 is 0. The minimum atomic E-state index is 0.685. The van der Waals surface area contributed by atoms with E-state index in [9.17, 15) is 4.79 Å². The Labute approximate surface area is 173 Å². The molecule has 0 saturated carbocycles. The van der Waals surface area contributed by atoms with Crippen LogP contribution in [0.25, 0.3) is 0 Å². The zero-order chi connectivity index (χ0) is 20.9. The van der Waals surface area contributed by atoms with Crippen molar-refractivity contribution in [2.75, 3.05) is 38.5 Å². The molecule has 158 valence electrons. The fraction of sp³-hybridized carbons (Fsp3) is 0.500. The van der Waals surface area contributed by atoms with E-state index in [2.05, 4.69) is 37.9 Å². The molecule has 0 unspecified atom stereocenters. The summed E-state index contributed by atoms with van der Waals surface area (Å²) in [7, 11) is 2.03. The number of nitrogens with one attached hydrogen (secondary N) is 4. The first-order valence-electron chi connectivity index (χ1n) is 10.4. The molecule has 0 spiro atoms. The van der Waals surface area contributed by atoms with E-state index < -0.39 is 0 Å². The highest BCUT2D eigenvalue weighted by molar-refractivity contribution is 5.78. The number of aliphatic imine (C=N–C) groups is 1. The fourth-order valence-electron chi connectivity index (χ4n) is 3.49. The molecule has 1 aliphatic heterocycles. The number of piperidine rings is 1. The molecule has 1 fully saturated rings. The number of para-hydroxylation sites is 2. The second-order valence-electron chi connectivity index (χ2n) is 7.14. The summed E-state index contributed by atoms with van der Waals surface area (Å²) in [6.45, 7) is 9.85. The van der Waals surface area contributed by atoms with E-state index in [0.717, 1.165) is 41.4 Å². The molecule has 2 heterocycles. The van der Waals surface area contributed by atoms with Gasteiger partial charge in [0.25, 0.3) is 0 Å². The average molecular weight is 399 g/mol. The lowest BCUT2D eigenvalue weighted by molar-refractivity contribution is 0.112. The van der Waals surface area contributed by atoms with E-state index in [1.807, 2.05) is 38.2 Å². The van der Waals surface area contributed by atoms with Gasteiger partial charge in [0, 0.05) is 18.7 Å². The van der Waals surface area contributed by atoms with Crippen LogP contribution < -0.4 is 16.0 Å². The van der Waals surface area contributed by atoms with Crippen molar-refractivity contribution in [2.45, 2.75) is 32.6 Å². The molecular formula is C22H34N6O. The van der Waals surface area contributed by atoms with Crippen LogP contribution in [0.3, 0.4) is 0 Å². The molecule has 1 aliphatic rings. The highest BCUT2D eigenvalue weighted by Crippen LogP contribution is 2.23. The normalized spacial score (nSPS) is 14.0. The molecule has 4 N–H and O–H groups in total. The van der Waals surface area contributed by atoms with Crippen LogP contribution in [0, 0.1) is 5.92 Å². The van der Waals surface area contributed by atoms with Crippen molar-refractivity contribution in [2.24, 2.45) is 10.9 Å². The number of H-pyrrole nitrogens is 1. The fourth-order valence-corrected chi connectivity index (χ4v) is 3.49. The van der Waals surface area contributed by atoms with Gasteiger partial charge >= 0.3 is 0 Å². The highest BCUT2D eigenvalue weighted by atomic mass is 16.1. The topological polar surface area (TPSA) is 94.2 Å². The number of hydrogen-bond acceptors (Lipinski definition) is 6. The second-order valence-corrected chi connectivity index (χ2v) is 7.14. The van der Waals surface area contributed by atoms with Gasteiger partial charge in [0.05, 0.1) is 22.6 Å². The van der Waals surface area contributed by atoms with Gasteiger partial charge in [0.1, 0.15) is 0 Å². The maximum atomic E-state index is 11.1. The molecule has 7 heteroatoms. The Kier molecular flexibility index (Phi) is 10.1. The number of nitrogens with zero attached hydrogens (tertiary/aromatic N) is 2. The van der Waals surface area contributed by atoms with Crippen molar-refractivity contribution >= 4 is 24.4 Å². The average Bonchev–Trinajstić information content (AvgIpc) is 3.17. The quantitative estimate of drug-likeness (QED) is 0.385. The number of carbonyl (C=O) groups excluding carboxylic acids is 1. The van der Waals surface area contributed by atoms with Gasteiger partial charge in [-0.1, -0.05) is 19.1 Å². The van der Waals surface area contributed by atoms with Crippen LogP contribution in [0.2, 0.25) is 0 Å². The number of rotatable bonds is 9. The third kappa shape index (κ3) is 7.11. The molecule has 2 aromatic rings. The number of benzene rings is 1. The summed E-state index contributed by atoms with van der Waals surface area (Å²) in [6, 6.07) is 7.72. The number of aromatic nitrogens is 2. The van der Waals surface area contributed by atoms with Gasteiger partial charge in [-0.3, -0.25) is 14.9 Å². The van der Waals surface area contributed by atoms with Crippen LogP contribution in [-0.4, -0.2) is 56.4 Å². The van der Waals surface area contributed by atoms with Gasteiger partial charge in [0.2, 0.25) is 0 Å². The molecule has 3 rings (SSSR count). The minimum absolute atomic E-state index is 0.685. The first-order valence-corrected chi connectivity index (χ1v) is 10.4. The molecule has 29 heavy (non-hydrogen) atoms. The number of aryl methyl sites for hydroxylation is 1. The highest BCUT2D eigenvalue weighted by Gasteiger charge is 2.11. The van der Waals surface area contributed by atoms with Crippen molar-refractivity contribution in [1.82, 2.24) is 20.8 Å². The zero-order valence-electron chi connectivity index (χ0n) is 17.6. The van der Waals surface area contributed by atoms with Gasteiger partial charge in [-0.25, -0.2) is 0 Å². The van der Waals surface area contributed by atoms with E-state index in [1.54, 1.807) is 0 Å². The second kappa shape index (κ2) is 12.9. The van der Waals surface area contributed by atoms with Crippen LogP contribution in [-0.2, 0) is 12.8 Å². The number of anilines is 1. The van der Waals surface area contributed by atoms with E-state index in [4.69, 9.17) is 0 Å². The van der Waals surface area contributed by atoms with Gasteiger partial charge in [-0.2, -0.15) is 5.10 Å². The smallest absolute Gasteiger partial charge is 0.153 e. The Bertz CT molecular complexity index is 749. The van der Waals surface area contributed by atoms with E-state index in [0.29, 0.717) is 18.5 Å². The molecule has 0 bridgehead atoms. The Hall–Kier alpha value is -2.51. The molecule has 0 radical (unpaired) electrons. The minimum Gasteiger partial charge on any atom is -0.383 e. The zero-order valence-corrected chi connectivity index (χ0v) is 17.6. The lowest BCUT2D eigenvalue weighted by Gasteiger charge is -2.21. The largest absolute Gasteiger partial charge is 0.383 e. The van der Waals surface area contributed by atoms with Crippen LogP contribution in [0.5, 0.6) is 0 Å². The Balaban J connectivity index is 0.000000278. The van der Waals surface area contributed by atoms with E-state index >= 15 is 0 Å². The third-order valence-electron chi connectivity index (χ3n) is 5.13. The SMILES string of the molecule is C=Nc1ccccc1NCCc1[nH]nc(CC)c1C=O.CNCC1CCNCC1. The van der Waals surface area contributed by atoms with Crippen molar-refractivity contribution in [3.05, 3.63) is 41.2 Å². The first-order chi connectivity index (χ1) is 14.2. The number of hydrogen-bond donors (Lipinski definition) is 4. The molecular weight excluding hydrogens is 364 g/mol. The van der Waals surface area contributed by atoms with Gasteiger partial charge < -0.3 is 16.0 Å². The monoisotopic (exact) mass is 398 g/mol. The Morgan fingerprint density at radius 1 is 1.31 bits per heavy atom. The van der Waals surface area contributed by atoms with Gasteiger partial charge in [-0.05, 0) is 70.7 Å². The number of aromatic amines is 1. The number of carbonyl (C=O) groups is 1. The lowest BCUT2D eigenvalue weighted by Crippen LogP contribution is -2.32. The molecule has 1 aromatic heterocycles. The molecule has 0 aliphatic carbocycles. The molecule has 0 atom stereocenters.